The molecule has 2 nitrogen and oxygen atoms in total. The zero-order chi connectivity index (χ0) is 10.3. The first kappa shape index (κ1) is 10.1. The maximum atomic E-state index is 6.00. The van der Waals surface area contributed by atoms with Gasteiger partial charge in [0.2, 0.25) is 0 Å². The fraction of sp³-hybridized carbons (Fsp3) is 0.400. The molecule has 0 N–H and O–H groups in total. The minimum Gasteiger partial charge on any atom is -0.495 e. The largest absolute Gasteiger partial charge is 0.495 e. The van der Waals surface area contributed by atoms with Crippen molar-refractivity contribution in [3.8, 4) is 5.75 Å². The summed E-state index contributed by atoms with van der Waals surface area (Å²) in [5.41, 5.74) is 0.636. The molecule has 4 heteroatoms. The van der Waals surface area contributed by atoms with Crippen LogP contribution in [0, 0.1) is 0 Å². The number of hydrogen-bond donors (Lipinski definition) is 0. The Balaban J connectivity index is 2.56. The lowest BCUT2D eigenvalue weighted by atomic mass is 10.0. The minimum atomic E-state index is -0.278. The van der Waals surface area contributed by atoms with Crippen molar-refractivity contribution in [1.82, 2.24) is 0 Å². The maximum absolute atomic E-state index is 6.00. The van der Waals surface area contributed by atoms with E-state index in [2.05, 4.69) is 0 Å². The molecule has 0 aliphatic carbocycles. The summed E-state index contributed by atoms with van der Waals surface area (Å²) in [5, 5.41) is 1.12. The standard InChI is InChI=1S/C10H10Cl2O2/c1-10(5-14-10)7-3-6(11)4-8(12)9(7)13-2/h3-4H,5H2,1-2H3. The van der Waals surface area contributed by atoms with E-state index in [1.807, 2.05) is 13.0 Å². The zero-order valence-corrected chi connectivity index (χ0v) is 9.45. The molecule has 0 spiro atoms. The van der Waals surface area contributed by atoms with Crippen LogP contribution in [0.25, 0.3) is 0 Å². The van der Waals surface area contributed by atoms with Gasteiger partial charge < -0.3 is 9.47 Å². The smallest absolute Gasteiger partial charge is 0.143 e. The number of methoxy groups -OCH3 is 1. The second-order valence-corrected chi connectivity index (χ2v) is 4.33. The van der Waals surface area contributed by atoms with Gasteiger partial charge in [0.25, 0.3) is 0 Å². The summed E-state index contributed by atoms with van der Waals surface area (Å²) in [5.74, 6) is 0.649. The Hall–Kier alpha value is -0.440. The zero-order valence-electron chi connectivity index (χ0n) is 7.93. The predicted molar refractivity (Wildman–Crippen MR) is 56.3 cm³/mol. The molecule has 1 fully saturated rings. The summed E-state index contributed by atoms with van der Waals surface area (Å²) >= 11 is 11.9. The highest BCUT2D eigenvalue weighted by Gasteiger charge is 2.44. The van der Waals surface area contributed by atoms with Crippen LogP contribution in [0.5, 0.6) is 5.75 Å². The Kier molecular flexibility index (Phi) is 2.38. The Morgan fingerprint density at radius 1 is 1.43 bits per heavy atom. The predicted octanol–water partition coefficient (Wildman–Crippen LogP) is 3.25. The first-order valence-electron chi connectivity index (χ1n) is 4.24. The first-order chi connectivity index (χ1) is 6.57. The SMILES string of the molecule is COc1c(Cl)cc(Cl)cc1C1(C)CO1. The van der Waals surface area contributed by atoms with E-state index in [4.69, 9.17) is 32.7 Å². The Labute approximate surface area is 92.7 Å². The Bertz CT molecular complexity index is 373. The van der Waals surface area contributed by atoms with Gasteiger partial charge in [-0.05, 0) is 19.1 Å². The van der Waals surface area contributed by atoms with Gasteiger partial charge in [-0.15, -0.1) is 0 Å². The van der Waals surface area contributed by atoms with E-state index in [-0.39, 0.29) is 5.60 Å². The van der Waals surface area contributed by atoms with Gasteiger partial charge in [-0.25, -0.2) is 0 Å². The summed E-state index contributed by atoms with van der Waals surface area (Å²) in [6, 6.07) is 3.50. The molecule has 1 atom stereocenters. The molecule has 1 aromatic rings. The van der Waals surface area contributed by atoms with Gasteiger partial charge in [0.1, 0.15) is 11.4 Å². The van der Waals surface area contributed by atoms with Crippen LogP contribution in [0.1, 0.15) is 12.5 Å². The molecule has 1 aliphatic heterocycles. The first-order valence-corrected chi connectivity index (χ1v) is 5.00. The van der Waals surface area contributed by atoms with Crippen molar-refractivity contribution in [2.75, 3.05) is 13.7 Å². The lowest BCUT2D eigenvalue weighted by Gasteiger charge is -2.13. The van der Waals surface area contributed by atoms with Crippen molar-refractivity contribution in [2.45, 2.75) is 12.5 Å². The lowest BCUT2D eigenvalue weighted by Crippen LogP contribution is -2.05. The molecule has 0 aromatic heterocycles. The lowest BCUT2D eigenvalue weighted by molar-refractivity contribution is 0.316. The van der Waals surface area contributed by atoms with E-state index in [9.17, 15) is 0 Å². The molecule has 1 aromatic carbocycles. The van der Waals surface area contributed by atoms with Gasteiger partial charge in [-0.2, -0.15) is 0 Å². The molecule has 0 amide bonds. The van der Waals surface area contributed by atoms with Crippen LogP contribution in [0.15, 0.2) is 12.1 Å². The van der Waals surface area contributed by atoms with Crippen molar-refractivity contribution in [1.29, 1.82) is 0 Å². The molecule has 14 heavy (non-hydrogen) atoms. The molecule has 2 rings (SSSR count). The average molecular weight is 233 g/mol. The summed E-state index contributed by atoms with van der Waals surface area (Å²) in [6.07, 6.45) is 0. The fourth-order valence-electron chi connectivity index (χ4n) is 1.42. The monoisotopic (exact) mass is 232 g/mol. The van der Waals surface area contributed by atoms with Crippen LogP contribution in [-0.2, 0) is 10.3 Å². The van der Waals surface area contributed by atoms with Crippen LogP contribution in [0.3, 0.4) is 0 Å². The minimum absolute atomic E-state index is 0.278. The highest BCUT2D eigenvalue weighted by Crippen LogP contribution is 2.46. The normalized spacial score (nSPS) is 24.9. The molecule has 0 bridgehead atoms. The molecule has 1 unspecified atom stereocenters. The third kappa shape index (κ3) is 1.58. The summed E-state index contributed by atoms with van der Waals surface area (Å²) in [6.45, 7) is 2.66. The van der Waals surface area contributed by atoms with Gasteiger partial charge in [-0.1, -0.05) is 23.2 Å². The van der Waals surface area contributed by atoms with Crippen LogP contribution < -0.4 is 4.74 Å². The number of halogens is 2. The number of ether oxygens (including phenoxy) is 2. The van der Waals surface area contributed by atoms with Gasteiger partial charge in [0, 0.05) is 10.6 Å². The third-order valence-electron chi connectivity index (χ3n) is 2.36. The number of epoxide rings is 1. The highest BCUT2D eigenvalue weighted by molar-refractivity contribution is 6.35. The number of hydrogen-bond acceptors (Lipinski definition) is 2. The van der Waals surface area contributed by atoms with Crippen LogP contribution in [0.4, 0.5) is 0 Å². The molecular formula is C10H10Cl2O2. The fourth-order valence-corrected chi connectivity index (χ4v) is 1.99. The van der Waals surface area contributed by atoms with E-state index in [0.717, 1.165) is 5.56 Å². The van der Waals surface area contributed by atoms with E-state index in [0.29, 0.717) is 22.4 Å². The highest BCUT2D eigenvalue weighted by atomic mass is 35.5. The van der Waals surface area contributed by atoms with Gasteiger partial charge in [-0.3, -0.25) is 0 Å². The van der Waals surface area contributed by atoms with Crippen molar-refractivity contribution < 1.29 is 9.47 Å². The molecule has 0 saturated carbocycles. The number of benzene rings is 1. The maximum Gasteiger partial charge on any atom is 0.143 e. The van der Waals surface area contributed by atoms with Crippen molar-refractivity contribution >= 4 is 23.2 Å². The summed E-state index contributed by atoms with van der Waals surface area (Å²) < 4.78 is 10.6. The summed E-state index contributed by atoms with van der Waals surface area (Å²) in [4.78, 5) is 0. The van der Waals surface area contributed by atoms with Crippen molar-refractivity contribution in [2.24, 2.45) is 0 Å². The van der Waals surface area contributed by atoms with E-state index >= 15 is 0 Å². The van der Waals surface area contributed by atoms with Crippen LogP contribution >= 0.6 is 23.2 Å². The molecule has 1 heterocycles. The summed E-state index contributed by atoms with van der Waals surface area (Å²) in [7, 11) is 1.59. The number of rotatable bonds is 2. The van der Waals surface area contributed by atoms with E-state index < -0.39 is 0 Å². The quantitative estimate of drug-likeness (QED) is 0.731. The van der Waals surface area contributed by atoms with E-state index in [1.165, 1.54) is 0 Å². The third-order valence-corrected chi connectivity index (χ3v) is 2.86. The second kappa shape index (κ2) is 3.30. The Morgan fingerprint density at radius 3 is 2.57 bits per heavy atom. The molecular weight excluding hydrogens is 223 g/mol. The van der Waals surface area contributed by atoms with Crippen LogP contribution in [-0.4, -0.2) is 13.7 Å². The van der Waals surface area contributed by atoms with Crippen molar-refractivity contribution in [3.63, 3.8) is 0 Å². The second-order valence-electron chi connectivity index (χ2n) is 3.49. The molecule has 0 radical (unpaired) electrons. The van der Waals surface area contributed by atoms with Crippen molar-refractivity contribution in [3.05, 3.63) is 27.7 Å². The topological polar surface area (TPSA) is 21.8 Å². The Morgan fingerprint density at radius 2 is 2.07 bits per heavy atom. The van der Waals surface area contributed by atoms with E-state index in [1.54, 1.807) is 13.2 Å². The van der Waals surface area contributed by atoms with Gasteiger partial charge >= 0.3 is 0 Å². The van der Waals surface area contributed by atoms with Crippen LogP contribution in [0.2, 0.25) is 10.0 Å². The molecule has 1 aliphatic rings. The van der Waals surface area contributed by atoms with Gasteiger partial charge in [0.05, 0.1) is 18.7 Å². The molecule has 76 valence electrons. The molecule has 1 saturated heterocycles. The van der Waals surface area contributed by atoms with Gasteiger partial charge in [0.15, 0.2) is 0 Å². The average Bonchev–Trinajstić information content (AvgIpc) is 2.84.